The molecule has 144 valence electrons. The van der Waals surface area contributed by atoms with Gasteiger partial charge in [-0.25, -0.2) is 0 Å². The van der Waals surface area contributed by atoms with E-state index >= 15 is 0 Å². The zero-order valence-corrected chi connectivity index (χ0v) is 17.9. The van der Waals surface area contributed by atoms with Crippen LogP contribution in [-0.4, -0.2) is 6.61 Å². The number of benzene rings is 2. The van der Waals surface area contributed by atoms with Crippen molar-refractivity contribution < 1.29 is 4.74 Å². The van der Waals surface area contributed by atoms with Gasteiger partial charge in [0.05, 0.1) is 6.61 Å². The van der Waals surface area contributed by atoms with Crippen LogP contribution in [0.4, 0.5) is 0 Å². The third-order valence-corrected chi connectivity index (χ3v) is 3.69. The highest BCUT2D eigenvalue weighted by atomic mass is 16.5. The number of unbranched alkanes of at least 4 members (excludes halogenated alkanes) is 1. The molecule has 1 heteroatoms. The molecule has 0 amide bonds. The molecule has 0 aromatic heterocycles. The first-order valence-corrected chi connectivity index (χ1v) is 9.83. The average molecular weight is 355 g/mol. The lowest BCUT2D eigenvalue weighted by molar-refractivity contribution is 0.307. The number of hydrogen-bond donors (Lipinski definition) is 0. The second kappa shape index (κ2) is 10.4. The topological polar surface area (TPSA) is 9.23 Å². The predicted molar refractivity (Wildman–Crippen MR) is 115 cm³/mol. The zero-order chi connectivity index (χ0) is 19.6. The van der Waals surface area contributed by atoms with Crippen molar-refractivity contribution >= 4 is 0 Å². The molecule has 0 spiro atoms. The molecule has 0 aliphatic carbocycles. The van der Waals surface area contributed by atoms with Crippen LogP contribution < -0.4 is 4.74 Å². The quantitative estimate of drug-likeness (QED) is 0.490. The first kappa shape index (κ1) is 22.3. The second-order valence-corrected chi connectivity index (χ2v) is 9.57. The SMILES string of the molecule is CC(C)(C)C.CC(C)(C)c1ccc(CCCCOc2ccccc2)cc1. The van der Waals surface area contributed by atoms with Crippen LogP contribution in [0.1, 0.15) is 72.4 Å². The van der Waals surface area contributed by atoms with Gasteiger partial charge < -0.3 is 4.74 Å². The number of ether oxygens (including phenoxy) is 1. The molecule has 0 unspecified atom stereocenters. The molecule has 0 bridgehead atoms. The summed E-state index contributed by atoms with van der Waals surface area (Å²) in [6, 6.07) is 19.1. The fraction of sp³-hybridized carbons (Fsp3) is 0.520. The van der Waals surface area contributed by atoms with Crippen molar-refractivity contribution in [2.24, 2.45) is 5.41 Å². The fourth-order valence-electron chi connectivity index (χ4n) is 2.31. The molecule has 0 fully saturated rings. The van der Waals surface area contributed by atoms with Crippen LogP contribution in [-0.2, 0) is 11.8 Å². The maximum Gasteiger partial charge on any atom is 0.119 e. The van der Waals surface area contributed by atoms with Gasteiger partial charge >= 0.3 is 0 Å². The Labute approximate surface area is 161 Å². The van der Waals surface area contributed by atoms with Gasteiger partial charge in [-0.1, -0.05) is 90.9 Å². The lowest BCUT2D eigenvalue weighted by Crippen LogP contribution is -2.10. The molecule has 0 N–H and O–H groups in total. The van der Waals surface area contributed by atoms with E-state index in [1.165, 1.54) is 17.5 Å². The van der Waals surface area contributed by atoms with Gasteiger partial charge in [-0.3, -0.25) is 0 Å². The third kappa shape index (κ3) is 11.0. The Morgan fingerprint density at radius 2 is 1.23 bits per heavy atom. The third-order valence-electron chi connectivity index (χ3n) is 3.69. The lowest BCUT2D eigenvalue weighted by atomic mass is 9.86. The summed E-state index contributed by atoms with van der Waals surface area (Å²) < 4.78 is 5.71. The minimum Gasteiger partial charge on any atom is -0.494 e. The van der Waals surface area contributed by atoms with Crippen molar-refractivity contribution in [2.75, 3.05) is 6.61 Å². The van der Waals surface area contributed by atoms with Crippen molar-refractivity contribution in [1.82, 2.24) is 0 Å². The molecular weight excluding hydrogens is 316 g/mol. The van der Waals surface area contributed by atoms with E-state index in [0.717, 1.165) is 25.2 Å². The molecule has 0 radical (unpaired) electrons. The van der Waals surface area contributed by atoms with Gasteiger partial charge in [0, 0.05) is 0 Å². The van der Waals surface area contributed by atoms with Crippen LogP contribution in [0.25, 0.3) is 0 Å². The van der Waals surface area contributed by atoms with Crippen molar-refractivity contribution in [3.8, 4) is 5.75 Å². The molecule has 2 aromatic carbocycles. The van der Waals surface area contributed by atoms with Crippen molar-refractivity contribution in [1.29, 1.82) is 0 Å². The van der Waals surface area contributed by atoms with E-state index in [2.05, 4.69) is 72.7 Å². The molecular formula is C25H38O. The average Bonchev–Trinajstić information content (AvgIpc) is 2.54. The first-order valence-electron chi connectivity index (χ1n) is 9.83. The Hall–Kier alpha value is -1.76. The van der Waals surface area contributed by atoms with E-state index in [0.29, 0.717) is 5.41 Å². The summed E-state index contributed by atoms with van der Waals surface area (Å²) in [7, 11) is 0. The molecule has 0 saturated heterocycles. The molecule has 0 atom stereocenters. The minimum absolute atomic E-state index is 0.238. The minimum atomic E-state index is 0.238. The van der Waals surface area contributed by atoms with Crippen LogP contribution in [0.15, 0.2) is 54.6 Å². The van der Waals surface area contributed by atoms with Gasteiger partial charge in [-0.2, -0.15) is 0 Å². The van der Waals surface area contributed by atoms with Gasteiger partial charge in [0.15, 0.2) is 0 Å². The maximum absolute atomic E-state index is 5.71. The van der Waals surface area contributed by atoms with Crippen molar-refractivity contribution in [2.45, 2.75) is 73.1 Å². The van der Waals surface area contributed by atoms with Crippen LogP contribution in [0.2, 0.25) is 0 Å². The zero-order valence-electron chi connectivity index (χ0n) is 17.9. The van der Waals surface area contributed by atoms with Crippen LogP contribution in [0, 0.1) is 5.41 Å². The number of para-hydroxylation sites is 1. The highest BCUT2D eigenvalue weighted by molar-refractivity contribution is 5.27. The summed E-state index contributed by atoms with van der Waals surface area (Å²) in [6.07, 6.45) is 3.39. The number of aryl methyl sites for hydroxylation is 1. The molecule has 0 heterocycles. The van der Waals surface area contributed by atoms with E-state index in [9.17, 15) is 0 Å². The first-order chi connectivity index (χ1) is 12.1. The molecule has 1 nitrogen and oxygen atoms in total. The summed E-state index contributed by atoms with van der Waals surface area (Å²) in [6.45, 7) is 16.3. The molecule has 26 heavy (non-hydrogen) atoms. The normalized spacial score (nSPS) is 11.5. The molecule has 2 aromatic rings. The van der Waals surface area contributed by atoms with Crippen molar-refractivity contribution in [3.63, 3.8) is 0 Å². The van der Waals surface area contributed by atoms with Crippen LogP contribution in [0.5, 0.6) is 5.75 Å². The van der Waals surface area contributed by atoms with Crippen molar-refractivity contribution in [3.05, 3.63) is 65.7 Å². The summed E-state index contributed by atoms with van der Waals surface area (Å²) in [5, 5.41) is 0. The largest absolute Gasteiger partial charge is 0.494 e. The summed E-state index contributed by atoms with van der Waals surface area (Å²) >= 11 is 0. The molecule has 0 saturated carbocycles. The number of hydrogen-bond acceptors (Lipinski definition) is 1. The monoisotopic (exact) mass is 354 g/mol. The smallest absolute Gasteiger partial charge is 0.119 e. The van der Waals surface area contributed by atoms with Gasteiger partial charge in [0.1, 0.15) is 5.75 Å². The Morgan fingerprint density at radius 1 is 0.692 bits per heavy atom. The van der Waals surface area contributed by atoms with Gasteiger partial charge in [0.25, 0.3) is 0 Å². The van der Waals surface area contributed by atoms with Gasteiger partial charge in [-0.05, 0) is 53.4 Å². The Morgan fingerprint density at radius 3 is 1.73 bits per heavy atom. The second-order valence-electron chi connectivity index (χ2n) is 9.57. The highest BCUT2D eigenvalue weighted by Gasteiger charge is 2.12. The van der Waals surface area contributed by atoms with E-state index < -0.39 is 0 Å². The molecule has 0 aliphatic heterocycles. The summed E-state index contributed by atoms with van der Waals surface area (Å²) in [4.78, 5) is 0. The Bertz CT molecular complexity index is 591. The Kier molecular flexibility index (Phi) is 8.92. The maximum atomic E-state index is 5.71. The van der Waals surface area contributed by atoms with Gasteiger partial charge in [0.2, 0.25) is 0 Å². The van der Waals surface area contributed by atoms with E-state index in [1.54, 1.807) is 0 Å². The lowest BCUT2D eigenvalue weighted by Gasteiger charge is -2.19. The predicted octanol–water partition coefficient (Wildman–Crippen LogP) is 7.44. The van der Waals surface area contributed by atoms with Gasteiger partial charge in [-0.15, -0.1) is 0 Å². The standard InChI is InChI=1S/C20H26O.C5H12/c1-20(2,3)18-14-12-17(13-15-18)9-7-8-16-21-19-10-5-4-6-11-19;1-5(2,3)4/h4-6,10-15H,7-9,16H2,1-3H3;1-4H3. The highest BCUT2D eigenvalue weighted by Crippen LogP contribution is 2.22. The summed E-state index contributed by atoms with van der Waals surface area (Å²) in [5.41, 5.74) is 3.56. The van der Waals surface area contributed by atoms with E-state index in [-0.39, 0.29) is 5.41 Å². The summed E-state index contributed by atoms with van der Waals surface area (Å²) in [5.74, 6) is 0.965. The van der Waals surface area contributed by atoms with E-state index in [4.69, 9.17) is 4.74 Å². The fourth-order valence-corrected chi connectivity index (χ4v) is 2.31. The van der Waals surface area contributed by atoms with Crippen LogP contribution >= 0.6 is 0 Å². The molecule has 0 aliphatic rings. The number of rotatable bonds is 6. The van der Waals surface area contributed by atoms with Crippen LogP contribution in [0.3, 0.4) is 0 Å². The van der Waals surface area contributed by atoms with E-state index in [1.807, 2.05) is 30.3 Å². The Balaban J connectivity index is 0.000000597. The molecule has 2 rings (SSSR count).